The highest BCUT2D eigenvalue weighted by molar-refractivity contribution is 7.99. The van der Waals surface area contributed by atoms with Gasteiger partial charge in [0.1, 0.15) is 12.3 Å². The number of fused-ring (bicyclic) bond motifs is 1. The fourth-order valence-electron chi connectivity index (χ4n) is 3.57. The van der Waals surface area contributed by atoms with Crippen LogP contribution in [0.15, 0.2) is 71.6 Å². The summed E-state index contributed by atoms with van der Waals surface area (Å²) in [7, 11) is 1.63. The number of nitrogens with one attached hydrogen (secondary N) is 1. The summed E-state index contributed by atoms with van der Waals surface area (Å²) in [6, 6.07) is 20.8. The Kier molecular flexibility index (Phi) is 6.72. The van der Waals surface area contributed by atoms with E-state index in [0.29, 0.717) is 10.7 Å². The van der Waals surface area contributed by atoms with Crippen LogP contribution in [0, 0.1) is 6.92 Å². The molecule has 1 aliphatic rings. The van der Waals surface area contributed by atoms with Crippen LogP contribution in [-0.2, 0) is 9.59 Å². The van der Waals surface area contributed by atoms with Gasteiger partial charge in [0.05, 0.1) is 12.8 Å². The van der Waals surface area contributed by atoms with Crippen molar-refractivity contribution in [2.45, 2.75) is 23.5 Å². The molecule has 0 spiro atoms. The minimum atomic E-state index is -0.277. The number of benzene rings is 3. The van der Waals surface area contributed by atoms with Gasteiger partial charge in [0.25, 0.3) is 0 Å². The molecule has 32 heavy (non-hydrogen) atoms. The quantitative estimate of drug-likeness (QED) is 0.511. The molecule has 1 atom stereocenters. The zero-order chi connectivity index (χ0) is 22.7. The summed E-state index contributed by atoms with van der Waals surface area (Å²) in [5, 5.41) is 3.37. The smallest absolute Gasteiger partial charge is 0.244 e. The number of amides is 2. The van der Waals surface area contributed by atoms with Gasteiger partial charge in [0.15, 0.2) is 0 Å². The van der Waals surface area contributed by atoms with Crippen molar-refractivity contribution in [2.24, 2.45) is 0 Å². The Balaban J connectivity index is 1.56. The summed E-state index contributed by atoms with van der Waals surface area (Å²) in [6.07, 6.45) is 0.287. The van der Waals surface area contributed by atoms with E-state index in [2.05, 4.69) is 5.32 Å². The molecule has 0 saturated carbocycles. The van der Waals surface area contributed by atoms with Crippen LogP contribution in [0.25, 0.3) is 0 Å². The highest BCUT2D eigenvalue weighted by Gasteiger charge is 2.30. The van der Waals surface area contributed by atoms with Crippen LogP contribution >= 0.6 is 23.4 Å². The number of hydrogen-bond acceptors (Lipinski definition) is 4. The van der Waals surface area contributed by atoms with E-state index in [0.717, 1.165) is 27.5 Å². The third kappa shape index (κ3) is 4.92. The number of ether oxygens (including phenoxy) is 1. The molecule has 0 saturated heterocycles. The molecule has 4 rings (SSSR count). The second kappa shape index (κ2) is 9.67. The van der Waals surface area contributed by atoms with Gasteiger partial charge in [-0.15, -0.1) is 11.8 Å². The minimum absolute atomic E-state index is 0.0569. The van der Waals surface area contributed by atoms with E-state index >= 15 is 0 Å². The highest BCUT2D eigenvalue weighted by atomic mass is 35.5. The van der Waals surface area contributed by atoms with Gasteiger partial charge in [-0.2, -0.15) is 0 Å². The lowest BCUT2D eigenvalue weighted by Crippen LogP contribution is -2.38. The molecule has 1 aliphatic heterocycles. The maximum Gasteiger partial charge on any atom is 0.244 e. The molecule has 0 aliphatic carbocycles. The first-order valence-corrected chi connectivity index (χ1v) is 11.5. The Labute approximate surface area is 196 Å². The van der Waals surface area contributed by atoms with Gasteiger partial charge in [-0.05, 0) is 54.4 Å². The highest BCUT2D eigenvalue weighted by Crippen LogP contribution is 2.45. The molecule has 0 unspecified atom stereocenters. The topological polar surface area (TPSA) is 58.6 Å². The Morgan fingerprint density at radius 2 is 1.91 bits per heavy atom. The third-order valence-electron chi connectivity index (χ3n) is 5.33. The number of methoxy groups -OCH3 is 1. The predicted octanol–water partition coefficient (Wildman–Crippen LogP) is 5.87. The zero-order valence-electron chi connectivity index (χ0n) is 17.8. The van der Waals surface area contributed by atoms with Crippen LogP contribution in [0.3, 0.4) is 0 Å². The number of rotatable bonds is 5. The lowest BCUT2D eigenvalue weighted by molar-refractivity contribution is -0.121. The van der Waals surface area contributed by atoms with Gasteiger partial charge in [-0.3, -0.25) is 9.59 Å². The molecular formula is C25H23ClN2O3S. The lowest BCUT2D eigenvalue weighted by atomic mass is 10.1. The van der Waals surface area contributed by atoms with Crippen molar-refractivity contribution in [2.75, 3.05) is 23.9 Å². The second-order valence-electron chi connectivity index (χ2n) is 7.54. The maximum absolute atomic E-state index is 13.3. The molecule has 3 aromatic carbocycles. The number of nitrogens with zero attached hydrogens (tertiary/aromatic N) is 1. The number of carbonyl (C=O) groups is 2. The van der Waals surface area contributed by atoms with Crippen molar-refractivity contribution in [3.63, 3.8) is 0 Å². The van der Waals surface area contributed by atoms with Gasteiger partial charge < -0.3 is 15.0 Å². The molecule has 0 fully saturated rings. The standard InChI is InChI=1S/C25H23ClN2O3S/c1-16-7-10-18(13-20(16)26)27-24(29)15-28-21-5-3-4-6-22(21)32-23(14-25(28)30)17-8-11-19(31-2)12-9-17/h3-13,23H,14-15H2,1-2H3,(H,27,29)/t23-/m0/s1. The molecule has 164 valence electrons. The molecule has 0 bridgehead atoms. The van der Waals surface area contributed by atoms with Crippen LogP contribution in [0.4, 0.5) is 11.4 Å². The van der Waals surface area contributed by atoms with Gasteiger partial charge >= 0.3 is 0 Å². The average Bonchev–Trinajstić information content (AvgIpc) is 2.93. The van der Waals surface area contributed by atoms with Crippen molar-refractivity contribution in [1.29, 1.82) is 0 Å². The fourth-order valence-corrected chi connectivity index (χ4v) is 5.03. The first-order valence-electron chi connectivity index (χ1n) is 10.2. The van der Waals surface area contributed by atoms with E-state index in [4.69, 9.17) is 16.3 Å². The second-order valence-corrected chi connectivity index (χ2v) is 9.20. The monoisotopic (exact) mass is 466 g/mol. The van der Waals surface area contributed by atoms with Crippen LogP contribution in [0.2, 0.25) is 5.02 Å². The van der Waals surface area contributed by atoms with E-state index in [-0.39, 0.29) is 30.0 Å². The average molecular weight is 467 g/mol. The number of anilines is 2. The Morgan fingerprint density at radius 3 is 2.62 bits per heavy atom. The summed E-state index contributed by atoms with van der Waals surface area (Å²) in [6.45, 7) is 1.83. The van der Waals surface area contributed by atoms with Crippen molar-refractivity contribution >= 4 is 46.6 Å². The summed E-state index contributed by atoms with van der Waals surface area (Å²) in [5.41, 5.74) is 3.32. The zero-order valence-corrected chi connectivity index (χ0v) is 19.4. The van der Waals surface area contributed by atoms with E-state index in [1.54, 1.807) is 35.9 Å². The molecule has 2 amide bonds. The Hall–Kier alpha value is -2.96. The summed E-state index contributed by atoms with van der Waals surface area (Å²) in [5.74, 6) is 0.398. The van der Waals surface area contributed by atoms with Crippen LogP contribution < -0.4 is 15.0 Å². The van der Waals surface area contributed by atoms with E-state index in [1.807, 2.05) is 61.5 Å². The van der Waals surface area contributed by atoms with Crippen molar-refractivity contribution in [3.05, 3.63) is 82.9 Å². The molecule has 3 aromatic rings. The van der Waals surface area contributed by atoms with Crippen molar-refractivity contribution in [1.82, 2.24) is 0 Å². The van der Waals surface area contributed by atoms with Crippen LogP contribution in [0.5, 0.6) is 5.75 Å². The largest absolute Gasteiger partial charge is 0.497 e. The lowest BCUT2D eigenvalue weighted by Gasteiger charge is -2.22. The Morgan fingerprint density at radius 1 is 1.16 bits per heavy atom. The molecule has 0 radical (unpaired) electrons. The van der Waals surface area contributed by atoms with Gasteiger partial charge in [-0.25, -0.2) is 0 Å². The predicted molar refractivity (Wildman–Crippen MR) is 130 cm³/mol. The summed E-state index contributed by atoms with van der Waals surface area (Å²) in [4.78, 5) is 28.6. The number of halogens is 1. The number of hydrogen-bond donors (Lipinski definition) is 1. The van der Waals surface area contributed by atoms with Crippen LogP contribution in [-0.4, -0.2) is 25.5 Å². The van der Waals surface area contributed by atoms with Crippen molar-refractivity contribution in [3.8, 4) is 5.75 Å². The molecule has 7 heteroatoms. The SMILES string of the molecule is COc1ccc([C@@H]2CC(=O)N(CC(=O)Nc3ccc(C)c(Cl)c3)c3ccccc3S2)cc1. The van der Waals surface area contributed by atoms with E-state index < -0.39 is 0 Å². The van der Waals surface area contributed by atoms with E-state index in [1.165, 1.54) is 0 Å². The number of para-hydroxylation sites is 1. The van der Waals surface area contributed by atoms with Crippen molar-refractivity contribution < 1.29 is 14.3 Å². The van der Waals surface area contributed by atoms with Gasteiger partial charge in [-0.1, -0.05) is 41.9 Å². The number of aryl methyl sites for hydroxylation is 1. The molecule has 1 heterocycles. The summed E-state index contributed by atoms with van der Waals surface area (Å²) < 4.78 is 5.25. The number of carbonyl (C=O) groups excluding carboxylic acids is 2. The third-order valence-corrected chi connectivity index (χ3v) is 7.06. The first-order chi connectivity index (χ1) is 15.4. The molecule has 0 aromatic heterocycles. The fraction of sp³-hybridized carbons (Fsp3) is 0.200. The normalized spacial score (nSPS) is 15.7. The Bertz CT molecular complexity index is 1150. The van der Waals surface area contributed by atoms with Crippen LogP contribution in [0.1, 0.15) is 22.8 Å². The summed E-state index contributed by atoms with van der Waals surface area (Å²) >= 11 is 7.80. The molecule has 1 N–H and O–H groups in total. The molecule has 5 nitrogen and oxygen atoms in total. The number of thioether (sulfide) groups is 1. The minimum Gasteiger partial charge on any atom is -0.497 e. The molecular weight excluding hydrogens is 444 g/mol. The van der Waals surface area contributed by atoms with Gasteiger partial charge in [0, 0.05) is 27.3 Å². The van der Waals surface area contributed by atoms with Gasteiger partial charge in [0.2, 0.25) is 11.8 Å². The first kappa shape index (κ1) is 22.2. The van der Waals surface area contributed by atoms with E-state index in [9.17, 15) is 9.59 Å². The maximum atomic E-state index is 13.3.